The number of aliphatic hydroxyl groups is 1. The third-order valence-corrected chi connectivity index (χ3v) is 3.08. The number of rotatable bonds is 1. The molecule has 1 aromatic carbocycles. The number of benzene rings is 1. The van der Waals surface area contributed by atoms with Gasteiger partial charge in [0.15, 0.2) is 11.5 Å². The highest BCUT2D eigenvalue weighted by atomic mass is 16.7. The lowest BCUT2D eigenvalue weighted by Gasteiger charge is -2.37. The van der Waals surface area contributed by atoms with Crippen LogP contribution in [0, 0.1) is 0 Å². The van der Waals surface area contributed by atoms with Crippen LogP contribution in [0.3, 0.4) is 0 Å². The quantitative estimate of drug-likeness (QED) is 0.737. The Morgan fingerprint density at radius 3 is 2.79 bits per heavy atom. The van der Waals surface area contributed by atoms with E-state index >= 15 is 0 Å². The van der Waals surface area contributed by atoms with Gasteiger partial charge in [-0.1, -0.05) is 12.1 Å². The van der Waals surface area contributed by atoms with E-state index in [4.69, 9.17) is 9.47 Å². The Bertz CT molecular complexity index is 369. The summed E-state index contributed by atoms with van der Waals surface area (Å²) in [6.07, 6.45) is 2.74. The Morgan fingerprint density at radius 2 is 2.07 bits per heavy atom. The molecule has 1 heterocycles. The minimum absolute atomic E-state index is 0.266. The highest BCUT2D eigenvalue weighted by Crippen LogP contribution is 2.48. The number of fused-ring (bicyclic) bond motifs is 1. The summed E-state index contributed by atoms with van der Waals surface area (Å²) < 4.78 is 10.6. The molecule has 1 aliphatic heterocycles. The lowest BCUT2D eigenvalue weighted by atomic mass is 9.75. The fraction of sp³-hybridized carbons (Fsp3) is 0.455. The molecule has 74 valence electrons. The van der Waals surface area contributed by atoms with Crippen molar-refractivity contribution in [1.29, 1.82) is 0 Å². The zero-order valence-electron chi connectivity index (χ0n) is 7.82. The second-order valence-electron chi connectivity index (χ2n) is 3.92. The van der Waals surface area contributed by atoms with Gasteiger partial charge in [0.1, 0.15) is 0 Å². The molecule has 3 nitrogen and oxygen atoms in total. The SMILES string of the molecule is OC1(c2cccc3c2OCO3)CCC1. The van der Waals surface area contributed by atoms with Crippen molar-refractivity contribution in [3.05, 3.63) is 23.8 Å². The van der Waals surface area contributed by atoms with Gasteiger partial charge in [-0.05, 0) is 25.3 Å². The molecule has 1 N–H and O–H groups in total. The van der Waals surface area contributed by atoms with Crippen LogP contribution in [0.25, 0.3) is 0 Å². The van der Waals surface area contributed by atoms with Gasteiger partial charge in [0.2, 0.25) is 6.79 Å². The summed E-state index contributed by atoms with van der Waals surface area (Å²) in [5.74, 6) is 1.48. The van der Waals surface area contributed by atoms with Crippen molar-refractivity contribution in [3.8, 4) is 11.5 Å². The Balaban J connectivity index is 2.10. The molecule has 0 aromatic heterocycles. The van der Waals surface area contributed by atoms with Crippen molar-refractivity contribution in [2.75, 3.05) is 6.79 Å². The Labute approximate surface area is 82.3 Å². The fourth-order valence-electron chi connectivity index (χ4n) is 2.08. The van der Waals surface area contributed by atoms with Gasteiger partial charge >= 0.3 is 0 Å². The first-order chi connectivity index (χ1) is 6.80. The predicted molar refractivity (Wildman–Crippen MR) is 50.3 cm³/mol. The molecule has 0 spiro atoms. The monoisotopic (exact) mass is 192 g/mol. The molecular formula is C11H12O3. The summed E-state index contributed by atoms with van der Waals surface area (Å²) in [7, 11) is 0. The maximum atomic E-state index is 10.2. The second kappa shape index (κ2) is 2.64. The summed E-state index contributed by atoms with van der Waals surface area (Å²) in [4.78, 5) is 0. The van der Waals surface area contributed by atoms with E-state index in [1.807, 2.05) is 18.2 Å². The number of para-hydroxylation sites is 1. The Hall–Kier alpha value is -1.22. The predicted octanol–water partition coefficient (Wildman–Crippen LogP) is 1.79. The normalized spacial score (nSPS) is 21.8. The molecule has 0 atom stereocenters. The molecule has 0 bridgehead atoms. The summed E-state index contributed by atoms with van der Waals surface area (Å²) in [6.45, 7) is 0.266. The summed E-state index contributed by atoms with van der Waals surface area (Å²) in [5, 5.41) is 10.2. The third-order valence-electron chi connectivity index (χ3n) is 3.08. The first-order valence-corrected chi connectivity index (χ1v) is 4.91. The molecule has 0 unspecified atom stereocenters. The van der Waals surface area contributed by atoms with Gasteiger partial charge < -0.3 is 14.6 Å². The molecule has 0 amide bonds. The molecule has 1 aliphatic carbocycles. The van der Waals surface area contributed by atoms with Gasteiger partial charge in [-0.15, -0.1) is 0 Å². The summed E-state index contributed by atoms with van der Waals surface area (Å²) in [6, 6.07) is 5.69. The van der Waals surface area contributed by atoms with Gasteiger partial charge in [-0.3, -0.25) is 0 Å². The minimum atomic E-state index is -0.668. The number of hydrogen-bond donors (Lipinski definition) is 1. The molecule has 14 heavy (non-hydrogen) atoms. The van der Waals surface area contributed by atoms with Crippen LogP contribution in [0.2, 0.25) is 0 Å². The van der Waals surface area contributed by atoms with E-state index in [1.165, 1.54) is 0 Å². The maximum Gasteiger partial charge on any atom is 0.231 e. The topological polar surface area (TPSA) is 38.7 Å². The zero-order valence-corrected chi connectivity index (χ0v) is 7.82. The summed E-state index contributed by atoms with van der Waals surface area (Å²) >= 11 is 0. The molecule has 3 heteroatoms. The Kier molecular flexibility index (Phi) is 1.53. The molecule has 3 rings (SSSR count). The van der Waals surface area contributed by atoms with Crippen molar-refractivity contribution in [2.24, 2.45) is 0 Å². The lowest BCUT2D eigenvalue weighted by Crippen LogP contribution is -2.33. The summed E-state index contributed by atoms with van der Waals surface area (Å²) in [5.41, 5.74) is 0.220. The molecular weight excluding hydrogens is 180 g/mol. The molecule has 1 saturated carbocycles. The Morgan fingerprint density at radius 1 is 1.21 bits per heavy atom. The fourth-order valence-corrected chi connectivity index (χ4v) is 2.08. The van der Waals surface area contributed by atoms with Crippen LogP contribution in [0.4, 0.5) is 0 Å². The van der Waals surface area contributed by atoms with Crippen molar-refractivity contribution in [1.82, 2.24) is 0 Å². The van der Waals surface area contributed by atoms with Crippen LogP contribution in [0.5, 0.6) is 11.5 Å². The second-order valence-corrected chi connectivity index (χ2v) is 3.92. The van der Waals surface area contributed by atoms with Crippen LogP contribution in [0.1, 0.15) is 24.8 Å². The molecule has 2 aliphatic rings. The van der Waals surface area contributed by atoms with Gasteiger partial charge in [-0.2, -0.15) is 0 Å². The molecule has 0 radical (unpaired) electrons. The van der Waals surface area contributed by atoms with Gasteiger partial charge in [0, 0.05) is 5.56 Å². The van der Waals surface area contributed by atoms with Gasteiger partial charge in [0.05, 0.1) is 5.60 Å². The van der Waals surface area contributed by atoms with E-state index in [2.05, 4.69) is 0 Å². The van der Waals surface area contributed by atoms with Crippen LogP contribution >= 0.6 is 0 Å². The van der Waals surface area contributed by atoms with E-state index in [0.29, 0.717) is 0 Å². The van der Waals surface area contributed by atoms with Crippen molar-refractivity contribution in [2.45, 2.75) is 24.9 Å². The van der Waals surface area contributed by atoms with Gasteiger partial charge in [0.25, 0.3) is 0 Å². The van der Waals surface area contributed by atoms with Crippen LogP contribution in [-0.4, -0.2) is 11.9 Å². The average Bonchev–Trinajstić information content (AvgIpc) is 2.61. The van der Waals surface area contributed by atoms with Gasteiger partial charge in [-0.25, -0.2) is 0 Å². The lowest BCUT2D eigenvalue weighted by molar-refractivity contribution is -0.0405. The highest BCUT2D eigenvalue weighted by molar-refractivity contribution is 5.51. The van der Waals surface area contributed by atoms with Crippen molar-refractivity contribution < 1.29 is 14.6 Å². The van der Waals surface area contributed by atoms with Crippen molar-refractivity contribution >= 4 is 0 Å². The largest absolute Gasteiger partial charge is 0.454 e. The van der Waals surface area contributed by atoms with E-state index in [9.17, 15) is 5.11 Å². The van der Waals surface area contributed by atoms with E-state index in [1.54, 1.807) is 0 Å². The van der Waals surface area contributed by atoms with Crippen LogP contribution in [-0.2, 0) is 5.60 Å². The minimum Gasteiger partial charge on any atom is -0.454 e. The zero-order chi connectivity index (χ0) is 9.60. The molecule has 1 fully saturated rings. The molecule has 1 aromatic rings. The maximum absolute atomic E-state index is 10.2. The third kappa shape index (κ3) is 0.960. The van der Waals surface area contributed by atoms with Crippen molar-refractivity contribution in [3.63, 3.8) is 0 Å². The number of hydrogen-bond acceptors (Lipinski definition) is 3. The average molecular weight is 192 g/mol. The van der Waals surface area contributed by atoms with E-state index < -0.39 is 5.60 Å². The van der Waals surface area contributed by atoms with Crippen LogP contribution < -0.4 is 9.47 Å². The van der Waals surface area contributed by atoms with E-state index in [-0.39, 0.29) is 6.79 Å². The highest BCUT2D eigenvalue weighted by Gasteiger charge is 2.40. The molecule has 0 saturated heterocycles. The smallest absolute Gasteiger partial charge is 0.231 e. The number of ether oxygens (including phenoxy) is 2. The van der Waals surface area contributed by atoms with E-state index in [0.717, 1.165) is 36.3 Å². The van der Waals surface area contributed by atoms with Crippen LogP contribution in [0.15, 0.2) is 18.2 Å². The standard InChI is InChI=1S/C11H12O3/c12-11(5-2-6-11)8-3-1-4-9-10(8)14-7-13-9/h1,3-4,12H,2,5-7H2. The first-order valence-electron chi connectivity index (χ1n) is 4.91. The first kappa shape index (κ1) is 8.12.